The lowest BCUT2D eigenvalue weighted by Gasteiger charge is -2.18. The van der Waals surface area contributed by atoms with Crippen molar-refractivity contribution in [3.63, 3.8) is 0 Å². The number of pyridine rings is 1. The highest BCUT2D eigenvalue weighted by Crippen LogP contribution is 2.28. The van der Waals surface area contributed by atoms with Gasteiger partial charge in [0.15, 0.2) is 0 Å². The first kappa shape index (κ1) is 13.6. The normalized spacial score (nSPS) is 12.3. The van der Waals surface area contributed by atoms with Crippen LogP contribution >= 0.6 is 0 Å². The van der Waals surface area contributed by atoms with Crippen LogP contribution in [0.2, 0.25) is 0 Å². The summed E-state index contributed by atoms with van der Waals surface area (Å²) in [6.45, 7) is 6.42. The molecule has 0 aliphatic rings. The average molecular weight is 276 g/mol. The minimum absolute atomic E-state index is 0.260. The van der Waals surface area contributed by atoms with E-state index in [4.69, 9.17) is 0 Å². The van der Waals surface area contributed by atoms with Crippen molar-refractivity contribution in [3.8, 4) is 0 Å². The number of aryl methyl sites for hydroxylation is 2. The molecule has 1 atom stereocenters. The molecule has 1 heterocycles. The molecule has 0 aliphatic carbocycles. The maximum atomic E-state index is 4.50. The van der Waals surface area contributed by atoms with Gasteiger partial charge in [-0.25, -0.2) is 0 Å². The number of anilines is 1. The summed E-state index contributed by atoms with van der Waals surface area (Å²) in [6.07, 6.45) is 1.85. The first-order valence-electron chi connectivity index (χ1n) is 7.32. The van der Waals surface area contributed by atoms with Crippen LogP contribution in [-0.2, 0) is 0 Å². The number of aromatic nitrogens is 1. The predicted octanol–water partition coefficient (Wildman–Crippen LogP) is 5.02. The molecule has 0 radical (unpaired) electrons. The van der Waals surface area contributed by atoms with Crippen molar-refractivity contribution in [2.24, 2.45) is 0 Å². The molecule has 2 nitrogen and oxygen atoms in total. The lowest BCUT2D eigenvalue weighted by Crippen LogP contribution is -2.07. The van der Waals surface area contributed by atoms with Crippen molar-refractivity contribution in [2.45, 2.75) is 26.8 Å². The Bertz CT molecular complexity index is 777. The number of benzene rings is 2. The zero-order valence-corrected chi connectivity index (χ0v) is 12.7. The van der Waals surface area contributed by atoms with E-state index in [-0.39, 0.29) is 6.04 Å². The smallest absolute Gasteiger partial charge is 0.0751 e. The highest BCUT2D eigenvalue weighted by atomic mass is 14.9. The lowest BCUT2D eigenvalue weighted by molar-refractivity contribution is 0.884. The molecule has 1 aromatic heterocycles. The Morgan fingerprint density at radius 2 is 1.86 bits per heavy atom. The topological polar surface area (TPSA) is 24.9 Å². The third kappa shape index (κ3) is 2.75. The molecule has 21 heavy (non-hydrogen) atoms. The standard InChI is InChI=1S/C19H20N2/c1-13-6-4-7-16(12-13)15(3)21-18-10-9-14(2)19-17(18)8-5-11-20-19/h4-12,15,21H,1-3H3. The summed E-state index contributed by atoms with van der Waals surface area (Å²) in [5.41, 5.74) is 6.00. The number of hydrogen-bond acceptors (Lipinski definition) is 2. The molecule has 3 rings (SSSR count). The third-order valence-electron chi connectivity index (χ3n) is 3.89. The maximum absolute atomic E-state index is 4.50. The molecule has 2 aromatic carbocycles. The van der Waals surface area contributed by atoms with Crippen LogP contribution in [-0.4, -0.2) is 4.98 Å². The van der Waals surface area contributed by atoms with Gasteiger partial charge in [-0.1, -0.05) is 35.9 Å². The highest BCUT2D eigenvalue weighted by molar-refractivity contribution is 5.93. The lowest BCUT2D eigenvalue weighted by atomic mass is 10.0. The van der Waals surface area contributed by atoms with Crippen LogP contribution in [0.4, 0.5) is 5.69 Å². The summed E-state index contributed by atoms with van der Waals surface area (Å²) in [7, 11) is 0. The van der Waals surface area contributed by atoms with E-state index in [9.17, 15) is 0 Å². The van der Waals surface area contributed by atoms with Gasteiger partial charge in [-0.3, -0.25) is 4.98 Å². The van der Waals surface area contributed by atoms with Gasteiger partial charge in [0, 0.05) is 23.3 Å². The van der Waals surface area contributed by atoms with Crippen LogP contribution in [0, 0.1) is 13.8 Å². The zero-order valence-electron chi connectivity index (χ0n) is 12.7. The summed E-state index contributed by atoms with van der Waals surface area (Å²) in [6, 6.07) is 17.3. The minimum atomic E-state index is 0.260. The van der Waals surface area contributed by atoms with Crippen molar-refractivity contribution in [3.05, 3.63) is 71.4 Å². The first-order valence-corrected chi connectivity index (χ1v) is 7.32. The average Bonchev–Trinajstić information content (AvgIpc) is 2.50. The van der Waals surface area contributed by atoms with Crippen molar-refractivity contribution in [1.29, 1.82) is 0 Å². The Balaban J connectivity index is 1.97. The molecule has 0 fully saturated rings. The van der Waals surface area contributed by atoms with Gasteiger partial charge >= 0.3 is 0 Å². The van der Waals surface area contributed by atoms with Crippen molar-refractivity contribution < 1.29 is 0 Å². The summed E-state index contributed by atoms with van der Waals surface area (Å²) < 4.78 is 0. The molecule has 1 N–H and O–H groups in total. The van der Waals surface area contributed by atoms with E-state index in [1.54, 1.807) is 0 Å². The van der Waals surface area contributed by atoms with Crippen molar-refractivity contribution in [1.82, 2.24) is 4.98 Å². The fourth-order valence-corrected chi connectivity index (χ4v) is 2.70. The second-order valence-corrected chi connectivity index (χ2v) is 5.61. The molecule has 2 heteroatoms. The Morgan fingerprint density at radius 3 is 2.67 bits per heavy atom. The number of nitrogens with one attached hydrogen (secondary N) is 1. The van der Waals surface area contributed by atoms with Crippen molar-refractivity contribution >= 4 is 16.6 Å². The minimum Gasteiger partial charge on any atom is -0.378 e. The van der Waals surface area contributed by atoms with E-state index in [0.717, 1.165) is 11.2 Å². The van der Waals surface area contributed by atoms with E-state index < -0.39 is 0 Å². The monoisotopic (exact) mass is 276 g/mol. The molecule has 1 unspecified atom stereocenters. The third-order valence-corrected chi connectivity index (χ3v) is 3.89. The molecular weight excluding hydrogens is 256 g/mol. The maximum Gasteiger partial charge on any atom is 0.0751 e. The fraction of sp³-hybridized carbons (Fsp3) is 0.211. The van der Waals surface area contributed by atoms with Crippen LogP contribution < -0.4 is 5.32 Å². The highest BCUT2D eigenvalue weighted by Gasteiger charge is 2.09. The van der Waals surface area contributed by atoms with Gasteiger partial charge in [-0.2, -0.15) is 0 Å². The van der Waals surface area contributed by atoms with Gasteiger partial charge in [-0.15, -0.1) is 0 Å². The van der Waals surface area contributed by atoms with E-state index in [0.29, 0.717) is 0 Å². The Morgan fingerprint density at radius 1 is 1.00 bits per heavy atom. The molecule has 0 spiro atoms. The summed E-state index contributed by atoms with van der Waals surface area (Å²) in [4.78, 5) is 4.50. The summed E-state index contributed by atoms with van der Waals surface area (Å²) in [5.74, 6) is 0. The number of fused-ring (bicyclic) bond motifs is 1. The van der Waals surface area contributed by atoms with Gasteiger partial charge in [0.25, 0.3) is 0 Å². The molecule has 0 amide bonds. The Labute approximate surface area is 125 Å². The van der Waals surface area contributed by atoms with Gasteiger partial charge < -0.3 is 5.32 Å². The van der Waals surface area contributed by atoms with Crippen molar-refractivity contribution in [2.75, 3.05) is 5.32 Å². The molecule has 0 saturated heterocycles. The largest absolute Gasteiger partial charge is 0.378 e. The predicted molar refractivity (Wildman–Crippen MR) is 89.7 cm³/mol. The SMILES string of the molecule is Cc1cccc(C(C)Nc2ccc(C)c3ncccc23)c1. The zero-order chi connectivity index (χ0) is 14.8. The van der Waals surface area contributed by atoms with Crippen LogP contribution in [0.15, 0.2) is 54.7 Å². The summed E-state index contributed by atoms with van der Waals surface area (Å²) >= 11 is 0. The number of nitrogens with zero attached hydrogens (tertiary/aromatic N) is 1. The van der Waals surface area contributed by atoms with Crippen LogP contribution in [0.3, 0.4) is 0 Å². The van der Waals surface area contributed by atoms with E-state index >= 15 is 0 Å². The molecule has 0 saturated carbocycles. The number of rotatable bonds is 3. The van der Waals surface area contributed by atoms with Gasteiger partial charge in [-0.05, 0) is 50.1 Å². The number of hydrogen-bond donors (Lipinski definition) is 1. The van der Waals surface area contributed by atoms with Crippen LogP contribution in [0.25, 0.3) is 10.9 Å². The van der Waals surface area contributed by atoms with E-state index in [2.05, 4.69) is 73.5 Å². The Hall–Kier alpha value is -2.35. The molecular formula is C19H20N2. The Kier molecular flexibility index (Phi) is 3.61. The summed E-state index contributed by atoms with van der Waals surface area (Å²) in [5, 5.41) is 4.79. The second kappa shape index (κ2) is 5.57. The van der Waals surface area contributed by atoms with Crippen LogP contribution in [0.1, 0.15) is 29.7 Å². The first-order chi connectivity index (χ1) is 10.1. The van der Waals surface area contributed by atoms with E-state index in [1.807, 2.05) is 12.3 Å². The quantitative estimate of drug-likeness (QED) is 0.726. The van der Waals surface area contributed by atoms with Gasteiger partial charge in [0.2, 0.25) is 0 Å². The van der Waals surface area contributed by atoms with Gasteiger partial charge in [0.05, 0.1) is 5.52 Å². The fourth-order valence-electron chi connectivity index (χ4n) is 2.70. The molecule has 106 valence electrons. The second-order valence-electron chi connectivity index (χ2n) is 5.61. The molecule has 0 bridgehead atoms. The van der Waals surface area contributed by atoms with Crippen LogP contribution in [0.5, 0.6) is 0 Å². The van der Waals surface area contributed by atoms with E-state index in [1.165, 1.54) is 22.1 Å². The molecule has 0 aliphatic heterocycles. The van der Waals surface area contributed by atoms with Gasteiger partial charge in [0.1, 0.15) is 0 Å². The molecule has 3 aromatic rings.